The van der Waals surface area contributed by atoms with Gasteiger partial charge in [0.05, 0.1) is 0 Å². The van der Waals surface area contributed by atoms with Gasteiger partial charge in [0, 0.05) is 23.3 Å². The molecule has 0 aromatic rings. The van der Waals surface area contributed by atoms with Crippen molar-refractivity contribution in [2.45, 2.75) is 80.1 Å². The smallest absolute Gasteiger partial charge is 0.333 e. The molecule has 4 aliphatic carbocycles. The van der Waals surface area contributed by atoms with Gasteiger partial charge in [0.25, 0.3) is 0 Å². The Hall–Kier alpha value is -1.95. The minimum atomic E-state index is -1.09. The van der Waals surface area contributed by atoms with Gasteiger partial charge in [-0.2, -0.15) is 0 Å². The summed E-state index contributed by atoms with van der Waals surface area (Å²) in [5, 5.41) is 11.5. The molecule has 4 bridgehead atoms. The van der Waals surface area contributed by atoms with Crippen LogP contribution in [0, 0.1) is 34.5 Å². The first-order valence-corrected chi connectivity index (χ1v) is 11.2. The number of ketones is 1. The van der Waals surface area contributed by atoms with Crippen molar-refractivity contribution in [3.63, 3.8) is 0 Å². The van der Waals surface area contributed by atoms with Crippen LogP contribution in [0.3, 0.4) is 0 Å². The van der Waals surface area contributed by atoms with Crippen LogP contribution >= 0.6 is 0 Å². The predicted octanol–water partition coefficient (Wildman–Crippen LogP) is 3.62. The second-order valence-electron chi connectivity index (χ2n) is 10.8. The number of rotatable bonds is 5. The van der Waals surface area contributed by atoms with Crippen LogP contribution in [0.1, 0.15) is 61.8 Å². The molecule has 0 radical (unpaired) electrons. The molecule has 0 saturated heterocycles. The molecule has 4 rings (SSSR count). The maximum Gasteiger partial charge on any atom is 0.333 e. The number of ether oxygens (including phenoxy) is 2. The van der Waals surface area contributed by atoms with E-state index in [9.17, 15) is 19.5 Å². The summed E-state index contributed by atoms with van der Waals surface area (Å²) in [6.45, 7) is 14.9. The molecule has 0 aromatic carbocycles. The molecular weight excluding hydrogens is 396 g/mol. The van der Waals surface area contributed by atoms with Crippen molar-refractivity contribution < 1.29 is 29.0 Å². The van der Waals surface area contributed by atoms with Gasteiger partial charge >= 0.3 is 11.9 Å². The number of carbonyl (C=O) groups is 3. The fourth-order valence-electron chi connectivity index (χ4n) is 6.23. The lowest BCUT2D eigenvalue weighted by Gasteiger charge is -2.65. The van der Waals surface area contributed by atoms with E-state index in [0.717, 1.165) is 5.57 Å². The summed E-state index contributed by atoms with van der Waals surface area (Å²) in [7, 11) is 0. The number of hydrogen-bond donors (Lipinski definition) is 1. The van der Waals surface area contributed by atoms with Crippen LogP contribution in [0.5, 0.6) is 0 Å². The van der Waals surface area contributed by atoms with E-state index in [2.05, 4.69) is 0 Å². The fourth-order valence-corrected chi connectivity index (χ4v) is 6.23. The summed E-state index contributed by atoms with van der Waals surface area (Å²) in [5.74, 6) is -1.42. The SMILES string of the molecule is C/C=C(/C)C(=O)O[C@@H]1[C@@H](O)C(C)(C)C2C3C(=O)C=C(C)C2[C@@]3(C)[C@@H]1OC(=O)CC(C)C. The van der Waals surface area contributed by atoms with Crippen molar-refractivity contribution >= 4 is 17.7 Å². The van der Waals surface area contributed by atoms with E-state index in [-0.39, 0.29) is 30.0 Å². The highest BCUT2D eigenvalue weighted by molar-refractivity contribution is 5.97. The van der Waals surface area contributed by atoms with Gasteiger partial charge in [0.15, 0.2) is 11.9 Å². The maximum absolute atomic E-state index is 13.1. The standard InChI is InChI=1S/C25H36O6/c1-9-13(4)23(29)31-20-21(28)24(6,7)19-17-14(5)11-15(26)18(19)25(17,8)22(20)30-16(27)10-12(2)3/h9,11-12,17-22,28H,10H2,1-8H3/b13-9-/t17?,18?,19?,20-,21-,22-,25-/m1/s1. The van der Waals surface area contributed by atoms with Crippen molar-refractivity contribution in [2.75, 3.05) is 0 Å². The summed E-state index contributed by atoms with van der Waals surface area (Å²) in [6.07, 6.45) is 0.471. The van der Waals surface area contributed by atoms with Gasteiger partial charge < -0.3 is 14.6 Å². The van der Waals surface area contributed by atoms with E-state index in [4.69, 9.17) is 9.47 Å². The molecule has 0 heterocycles. The highest BCUT2D eigenvalue weighted by atomic mass is 16.6. The van der Waals surface area contributed by atoms with Crippen LogP contribution in [0.25, 0.3) is 0 Å². The van der Waals surface area contributed by atoms with Gasteiger partial charge in [-0.15, -0.1) is 0 Å². The van der Waals surface area contributed by atoms with Crippen LogP contribution in [-0.4, -0.2) is 41.1 Å². The molecule has 0 aromatic heterocycles. The molecule has 3 saturated carbocycles. The lowest BCUT2D eigenvalue weighted by Crippen LogP contribution is -2.68. The second kappa shape index (κ2) is 7.88. The minimum Gasteiger partial charge on any atom is -0.458 e. The second-order valence-corrected chi connectivity index (χ2v) is 10.8. The van der Waals surface area contributed by atoms with E-state index >= 15 is 0 Å². The van der Waals surface area contributed by atoms with Gasteiger partial charge in [-0.05, 0) is 50.0 Å². The van der Waals surface area contributed by atoms with Crippen molar-refractivity contribution in [1.29, 1.82) is 0 Å². The molecule has 1 N–H and O–H groups in total. The zero-order chi connectivity index (χ0) is 23.5. The van der Waals surface area contributed by atoms with Gasteiger partial charge in [0.1, 0.15) is 12.2 Å². The molecule has 0 amide bonds. The molecule has 0 aliphatic heterocycles. The number of aliphatic hydroxyl groups is 1. The Bertz CT molecular complexity index is 850. The van der Waals surface area contributed by atoms with Gasteiger partial charge in [-0.25, -0.2) is 4.79 Å². The molecule has 6 heteroatoms. The first-order valence-electron chi connectivity index (χ1n) is 11.2. The lowest BCUT2D eigenvalue weighted by atomic mass is 9.37. The molecule has 7 atom stereocenters. The lowest BCUT2D eigenvalue weighted by molar-refractivity contribution is -0.214. The summed E-state index contributed by atoms with van der Waals surface area (Å²) in [6, 6.07) is 0. The molecule has 31 heavy (non-hydrogen) atoms. The predicted molar refractivity (Wildman–Crippen MR) is 116 cm³/mol. The Morgan fingerprint density at radius 2 is 1.81 bits per heavy atom. The third-order valence-corrected chi connectivity index (χ3v) is 7.90. The van der Waals surface area contributed by atoms with Gasteiger partial charge in [-0.1, -0.05) is 46.3 Å². The zero-order valence-corrected chi connectivity index (χ0v) is 19.9. The monoisotopic (exact) mass is 432 g/mol. The number of hydrogen-bond acceptors (Lipinski definition) is 6. The summed E-state index contributed by atoms with van der Waals surface area (Å²) in [4.78, 5) is 38.5. The van der Waals surface area contributed by atoms with E-state index in [0.29, 0.717) is 5.57 Å². The van der Waals surface area contributed by atoms with Crippen LogP contribution in [0.15, 0.2) is 23.3 Å². The minimum absolute atomic E-state index is 0.00528. The third kappa shape index (κ3) is 3.47. The first kappa shape index (κ1) is 23.7. The molecule has 0 spiro atoms. The molecule has 172 valence electrons. The molecule has 3 fully saturated rings. The zero-order valence-electron chi connectivity index (χ0n) is 19.9. The van der Waals surface area contributed by atoms with E-state index in [1.807, 2.05) is 41.5 Å². The van der Waals surface area contributed by atoms with E-state index < -0.39 is 47.0 Å². The van der Waals surface area contributed by atoms with Crippen molar-refractivity contribution in [3.05, 3.63) is 23.3 Å². The van der Waals surface area contributed by atoms with Crippen LogP contribution in [0.2, 0.25) is 0 Å². The quantitative estimate of drug-likeness (QED) is 0.527. The number of esters is 2. The van der Waals surface area contributed by atoms with Gasteiger partial charge in [-0.3, -0.25) is 9.59 Å². The van der Waals surface area contributed by atoms with Crippen molar-refractivity contribution in [3.8, 4) is 0 Å². The number of allylic oxidation sites excluding steroid dienone is 3. The number of carbonyl (C=O) groups excluding carboxylic acids is 3. The normalized spacial score (nSPS) is 38.7. The molecule has 6 nitrogen and oxygen atoms in total. The van der Waals surface area contributed by atoms with Crippen molar-refractivity contribution in [2.24, 2.45) is 34.5 Å². The van der Waals surface area contributed by atoms with Gasteiger partial charge in [0.2, 0.25) is 0 Å². The summed E-state index contributed by atoms with van der Waals surface area (Å²) in [5.41, 5.74) is -0.113. The molecular formula is C25H36O6. The topological polar surface area (TPSA) is 89.9 Å². The summed E-state index contributed by atoms with van der Waals surface area (Å²) < 4.78 is 11.8. The largest absolute Gasteiger partial charge is 0.458 e. The average molecular weight is 433 g/mol. The number of fused-ring (bicyclic) bond motifs is 3. The highest BCUT2D eigenvalue weighted by Gasteiger charge is 2.76. The van der Waals surface area contributed by atoms with Crippen LogP contribution < -0.4 is 0 Å². The molecule has 3 unspecified atom stereocenters. The average Bonchev–Trinajstić information content (AvgIpc) is 2.73. The Kier molecular flexibility index (Phi) is 6.02. The Morgan fingerprint density at radius 3 is 2.32 bits per heavy atom. The van der Waals surface area contributed by atoms with E-state index in [1.165, 1.54) is 0 Å². The maximum atomic E-state index is 13.1. The Labute approximate surface area is 185 Å². The fraction of sp³-hybridized carbons (Fsp3) is 0.720. The summed E-state index contributed by atoms with van der Waals surface area (Å²) >= 11 is 0. The van der Waals surface area contributed by atoms with Crippen LogP contribution in [0.4, 0.5) is 0 Å². The Balaban J connectivity index is 2.12. The first-order chi connectivity index (χ1) is 14.3. The van der Waals surface area contributed by atoms with Crippen LogP contribution in [-0.2, 0) is 23.9 Å². The number of aliphatic hydroxyl groups excluding tert-OH is 1. The Morgan fingerprint density at radius 1 is 1.19 bits per heavy atom. The third-order valence-electron chi connectivity index (χ3n) is 7.90. The van der Waals surface area contributed by atoms with Crippen molar-refractivity contribution in [1.82, 2.24) is 0 Å². The molecule has 4 aliphatic rings. The van der Waals surface area contributed by atoms with E-state index in [1.54, 1.807) is 26.0 Å². The highest BCUT2D eigenvalue weighted by Crippen LogP contribution is 2.72.